The second kappa shape index (κ2) is 8.56. The van der Waals surface area contributed by atoms with E-state index in [2.05, 4.69) is 37.3 Å². The smallest absolute Gasteiger partial charge is 0.195 e. The Kier molecular flexibility index (Phi) is 6.17. The first-order valence-corrected chi connectivity index (χ1v) is 9.27. The predicted octanol–water partition coefficient (Wildman–Crippen LogP) is 4.88. The minimum Gasteiger partial charge on any atom is -0.497 e. The van der Waals surface area contributed by atoms with Crippen LogP contribution < -0.4 is 9.47 Å². The Morgan fingerprint density at radius 3 is 2.12 bits per heavy atom. The molecule has 2 aromatic rings. The zero-order chi connectivity index (χ0) is 18.4. The third kappa shape index (κ3) is 4.02. The van der Waals surface area contributed by atoms with E-state index in [1.165, 1.54) is 5.56 Å². The van der Waals surface area contributed by atoms with E-state index in [9.17, 15) is 0 Å². The van der Waals surface area contributed by atoms with Gasteiger partial charge in [0.2, 0.25) is 0 Å². The van der Waals surface area contributed by atoms with Crippen LogP contribution in [-0.4, -0.2) is 27.4 Å². The highest BCUT2D eigenvalue weighted by Gasteiger charge is 2.39. The van der Waals surface area contributed by atoms with Crippen LogP contribution in [0.2, 0.25) is 0 Å². The fourth-order valence-electron chi connectivity index (χ4n) is 3.63. The first-order valence-electron chi connectivity index (χ1n) is 9.27. The summed E-state index contributed by atoms with van der Waals surface area (Å²) < 4.78 is 23.1. The molecule has 1 unspecified atom stereocenters. The summed E-state index contributed by atoms with van der Waals surface area (Å²) >= 11 is 0. The Balaban J connectivity index is 1.84. The molecule has 1 atom stereocenters. The molecule has 3 rings (SSSR count). The van der Waals surface area contributed by atoms with Gasteiger partial charge in [0.1, 0.15) is 11.5 Å². The Bertz CT molecular complexity index is 670. The Labute approximate surface area is 156 Å². The molecule has 4 heteroatoms. The summed E-state index contributed by atoms with van der Waals surface area (Å²) in [4.78, 5) is 0. The summed E-state index contributed by atoms with van der Waals surface area (Å²) in [6, 6.07) is 16.5. The maximum atomic E-state index is 6.12. The van der Waals surface area contributed by atoms with Crippen molar-refractivity contribution in [1.29, 1.82) is 0 Å². The molecule has 0 saturated carbocycles. The maximum absolute atomic E-state index is 6.12. The lowest BCUT2D eigenvalue weighted by Gasteiger charge is -2.30. The van der Waals surface area contributed by atoms with Crippen LogP contribution in [0.25, 0.3) is 0 Å². The standard InChI is InChI=1S/C22H28O4/c1-4-17(18-8-6-5-7-9-18)10-11-22(25-12-13-26-22)19-14-20(23-2)16-21(15-19)24-3/h5-9,14-17H,4,10-13H2,1-3H3. The summed E-state index contributed by atoms with van der Waals surface area (Å²) in [5.74, 6) is 1.23. The molecule has 0 aliphatic carbocycles. The molecule has 1 saturated heterocycles. The van der Waals surface area contributed by atoms with E-state index in [1.807, 2.05) is 18.2 Å². The molecule has 26 heavy (non-hydrogen) atoms. The molecule has 1 aliphatic heterocycles. The molecule has 1 heterocycles. The van der Waals surface area contributed by atoms with Crippen molar-refractivity contribution in [1.82, 2.24) is 0 Å². The molecule has 2 aromatic carbocycles. The lowest BCUT2D eigenvalue weighted by atomic mass is 9.88. The number of hydrogen-bond donors (Lipinski definition) is 0. The summed E-state index contributed by atoms with van der Waals surface area (Å²) in [5, 5.41) is 0. The van der Waals surface area contributed by atoms with E-state index in [0.29, 0.717) is 19.1 Å². The molecule has 0 amide bonds. The van der Waals surface area contributed by atoms with Crippen LogP contribution in [0.4, 0.5) is 0 Å². The van der Waals surface area contributed by atoms with Crippen LogP contribution in [0.3, 0.4) is 0 Å². The first-order chi connectivity index (χ1) is 12.7. The van der Waals surface area contributed by atoms with Gasteiger partial charge in [0.05, 0.1) is 27.4 Å². The van der Waals surface area contributed by atoms with Gasteiger partial charge >= 0.3 is 0 Å². The second-order valence-corrected chi connectivity index (χ2v) is 6.61. The average Bonchev–Trinajstić information content (AvgIpc) is 3.19. The van der Waals surface area contributed by atoms with Crippen molar-refractivity contribution in [3.63, 3.8) is 0 Å². The minimum absolute atomic E-state index is 0.480. The monoisotopic (exact) mass is 356 g/mol. The lowest BCUT2D eigenvalue weighted by Crippen LogP contribution is -2.28. The molecular formula is C22H28O4. The van der Waals surface area contributed by atoms with Gasteiger partial charge in [-0.2, -0.15) is 0 Å². The molecule has 1 aliphatic rings. The summed E-state index contributed by atoms with van der Waals surface area (Å²) in [6.45, 7) is 3.43. The van der Waals surface area contributed by atoms with Gasteiger partial charge in [0, 0.05) is 18.1 Å². The van der Waals surface area contributed by atoms with Crippen molar-refractivity contribution in [2.24, 2.45) is 0 Å². The highest BCUT2D eigenvalue weighted by molar-refractivity contribution is 5.40. The normalized spacial score (nSPS) is 17.0. The van der Waals surface area contributed by atoms with Crippen LogP contribution in [0.1, 0.15) is 43.2 Å². The van der Waals surface area contributed by atoms with Gasteiger partial charge in [-0.1, -0.05) is 37.3 Å². The van der Waals surface area contributed by atoms with Crippen LogP contribution in [0.5, 0.6) is 11.5 Å². The highest BCUT2D eigenvalue weighted by atomic mass is 16.7. The molecule has 4 nitrogen and oxygen atoms in total. The fourth-order valence-corrected chi connectivity index (χ4v) is 3.63. The van der Waals surface area contributed by atoms with Crippen LogP contribution >= 0.6 is 0 Å². The average molecular weight is 356 g/mol. The third-order valence-corrected chi connectivity index (χ3v) is 5.13. The zero-order valence-corrected chi connectivity index (χ0v) is 15.9. The molecule has 0 aromatic heterocycles. The highest BCUT2D eigenvalue weighted by Crippen LogP contribution is 2.41. The van der Waals surface area contributed by atoms with Crippen molar-refractivity contribution in [2.75, 3.05) is 27.4 Å². The van der Waals surface area contributed by atoms with E-state index in [4.69, 9.17) is 18.9 Å². The summed E-state index contributed by atoms with van der Waals surface area (Å²) in [7, 11) is 3.31. The van der Waals surface area contributed by atoms with Gasteiger partial charge in [-0.3, -0.25) is 0 Å². The summed E-state index contributed by atoms with van der Waals surface area (Å²) in [6.07, 6.45) is 2.86. The van der Waals surface area contributed by atoms with Crippen LogP contribution in [-0.2, 0) is 15.3 Å². The van der Waals surface area contributed by atoms with E-state index in [1.54, 1.807) is 14.2 Å². The molecular weight excluding hydrogens is 328 g/mol. The Hall–Kier alpha value is -2.04. The van der Waals surface area contributed by atoms with Crippen molar-refractivity contribution >= 4 is 0 Å². The van der Waals surface area contributed by atoms with Crippen molar-refractivity contribution < 1.29 is 18.9 Å². The molecule has 140 valence electrons. The van der Waals surface area contributed by atoms with Crippen LogP contribution in [0.15, 0.2) is 48.5 Å². The molecule has 0 radical (unpaired) electrons. The number of benzene rings is 2. The zero-order valence-electron chi connectivity index (χ0n) is 15.9. The first kappa shape index (κ1) is 18.7. The van der Waals surface area contributed by atoms with Gasteiger partial charge in [-0.25, -0.2) is 0 Å². The second-order valence-electron chi connectivity index (χ2n) is 6.61. The number of ether oxygens (including phenoxy) is 4. The van der Waals surface area contributed by atoms with Gasteiger partial charge in [-0.15, -0.1) is 0 Å². The maximum Gasteiger partial charge on any atom is 0.195 e. The lowest BCUT2D eigenvalue weighted by molar-refractivity contribution is -0.172. The number of methoxy groups -OCH3 is 2. The van der Waals surface area contributed by atoms with E-state index >= 15 is 0 Å². The third-order valence-electron chi connectivity index (χ3n) is 5.13. The summed E-state index contributed by atoms with van der Waals surface area (Å²) in [5.41, 5.74) is 2.32. The molecule has 1 fully saturated rings. The van der Waals surface area contributed by atoms with Gasteiger partial charge in [0.25, 0.3) is 0 Å². The van der Waals surface area contributed by atoms with E-state index in [0.717, 1.165) is 36.3 Å². The van der Waals surface area contributed by atoms with Crippen molar-refractivity contribution in [3.8, 4) is 11.5 Å². The molecule has 0 spiro atoms. The molecule has 0 bridgehead atoms. The number of hydrogen-bond acceptors (Lipinski definition) is 4. The SMILES string of the molecule is CCC(CCC1(c2cc(OC)cc(OC)c2)OCCO1)c1ccccc1. The van der Waals surface area contributed by atoms with Gasteiger partial charge < -0.3 is 18.9 Å². The number of rotatable bonds is 8. The van der Waals surface area contributed by atoms with Gasteiger partial charge in [-0.05, 0) is 36.5 Å². The van der Waals surface area contributed by atoms with Gasteiger partial charge in [0.15, 0.2) is 5.79 Å². The van der Waals surface area contributed by atoms with Crippen molar-refractivity contribution in [2.45, 2.75) is 37.9 Å². The Morgan fingerprint density at radius 2 is 1.58 bits per heavy atom. The largest absolute Gasteiger partial charge is 0.497 e. The molecule has 0 N–H and O–H groups in total. The van der Waals surface area contributed by atoms with E-state index < -0.39 is 5.79 Å². The fraction of sp³-hybridized carbons (Fsp3) is 0.455. The topological polar surface area (TPSA) is 36.9 Å². The van der Waals surface area contributed by atoms with E-state index in [-0.39, 0.29) is 0 Å². The predicted molar refractivity (Wildman–Crippen MR) is 102 cm³/mol. The van der Waals surface area contributed by atoms with Crippen LogP contribution in [0, 0.1) is 0 Å². The Morgan fingerprint density at radius 1 is 0.962 bits per heavy atom. The minimum atomic E-state index is -0.732. The van der Waals surface area contributed by atoms with Crippen molar-refractivity contribution in [3.05, 3.63) is 59.7 Å². The quantitative estimate of drug-likeness (QED) is 0.676.